The summed E-state index contributed by atoms with van der Waals surface area (Å²) in [5, 5.41) is 3.05. The minimum atomic E-state index is -0.418. The first-order valence-corrected chi connectivity index (χ1v) is 11.3. The number of hydrogen-bond acceptors (Lipinski definition) is 5. The van der Waals surface area contributed by atoms with Crippen LogP contribution in [0, 0.1) is 5.82 Å². The minimum Gasteiger partial charge on any atom is -0.497 e. The average molecular weight is 456 g/mol. The van der Waals surface area contributed by atoms with E-state index >= 15 is 0 Å². The predicted octanol–water partition coefficient (Wildman–Crippen LogP) is 1.79. The van der Waals surface area contributed by atoms with Gasteiger partial charge in [-0.15, -0.1) is 0 Å². The van der Waals surface area contributed by atoms with Gasteiger partial charge in [-0.3, -0.25) is 9.59 Å². The van der Waals surface area contributed by atoms with E-state index in [0.29, 0.717) is 29.4 Å². The number of methoxy groups -OCH3 is 1. The fourth-order valence-corrected chi connectivity index (χ4v) is 4.41. The topological polar surface area (TPSA) is 88.5 Å². The Hall–Kier alpha value is -3.17. The summed E-state index contributed by atoms with van der Waals surface area (Å²) in [5.74, 6) is 0.168. The van der Waals surface area contributed by atoms with Gasteiger partial charge in [0.2, 0.25) is 5.91 Å². The zero-order valence-corrected chi connectivity index (χ0v) is 18.4. The fourth-order valence-electron chi connectivity index (χ4n) is 3.73. The lowest BCUT2D eigenvalue weighted by molar-refractivity contribution is -0.929. The Balaban J connectivity index is 1.37. The Kier molecular flexibility index (Phi) is 6.87. The highest BCUT2D eigenvalue weighted by molar-refractivity contribution is 7.99. The second-order valence-corrected chi connectivity index (χ2v) is 8.56. The lowest BCUT2D eigenvalue weighted by Gasteiger charge is -2.25. The number of carbonyl (C=O) groups is 1. The van der Waals surface area contributed by atoms with Gasteiger partial charge in [-0.1, -0.05) is 30.0 Å². The number of ether oxygens (including phenoxy) is 1. The van der Waals surface area contributed by atoms with Crippen LogP contribution in [0.4, 0.5) is 10.1 Å². The third kappa shape index (κ3) is 5.54. The molecule has 0 saturated carbocycles. The van der Waals surface area contributed by atoms with Gasteiger partial charge in [0, 0.05) is 17.7 Å². The lowest BCUT2D eigenvalue weighted by Crippen LogP contribution is -3.10. The maximum Gasteiger partial charge on any atom is 0.260 e. The molecule has 2 aromatic carbocycles. The molecular formula is C23H24FN4O3S+. The molecule has 0 radical (unpaired) electrons. The van der Waals surface area contributed by atoms with Gasteiger partial charge < -0.3 is 19.9 Å². The molecule has 166 valence electrons. The Morgan fingerprint density at radius 2 is 2.12 bits per heavy atom. The molecule has 1 amide bonds. The van der Waals surface area contributed by atoms with E-state index in [1.807, 2.05) is 18.2 Å². The number of quaternary nitrogens is 1. The largest absolute Gasteiger partial charge is 0.497 e. The number of hydrogen-bond donors (Lipinski definition) is 3. The van der Waals surface area contributed by atoms with Crippen LogP contribution >= 0.6 is 11.8 Å². The van der Waals surface area contributed by atoms with E-state index in [1.54, 1.807) is 13.2 Å². The highest BCUT2D eigenvalue weighted by Gasteiger charge is 2.24. The Morgan fingerprint density at radius 3 is 2.94 bits per heavy atom. The number of nitrogens with zero attached hydrogens (tertiary/aromatic N) is 1. The molecule has 1 unspecified atom stereocenters. The Morgan fingerprint density at radius 1 is 1.28 bits per heavy atom. The third-order valence-corrected chi connectivity index (χ3v) is 6.13. The molecule has 0 aliphatic carbocycles. The monoisotopic (exact) mass is 455 g/mol. The van der Waals surface area contributed by atoms with Crippen LogP contribution in [0.15, 0.2) is 58.5 Å². The molecule has 1 aliphatic rings. The van der Waals surface area contributed by atoms with Crippen molar-refractivity contribution in [1.29, 1.82) is 0 Å². The molecule has 1 atom stereocenters. The summed E-state index contributed by atoms with van der Waals surface area (Å²) < 4.78 is 18.5. The van der Waals surface area contributed by atoms with Crippen molar-refractivity contribution < 1.29 is 18.8 Å². The smallest absolute Gasteiger partial charge is 0.260 e. The van der Waals surface area contributed by atoms with Gasteiger partial charge in [0.05, 0.1) is 30.7 Å². The molecule has 1 aromatic heterocycles. The Labute approximate surface area is 189 Å². The normalized spacial score (nSPS) is 15.1. The van der Waals surface area contributed by atoms with Crippen LogP contribution in [0.1, 0.15) is 16.8 Å². The second-order valence-electron chi connectivity index (χ2n) is 7.60. The number of carbonyl (C=O) groups excluding carboxylic acids is 1. The summed E-state index contributed by atoms with van der Waals surface area (Å²) in [6.45, 7) is 2.26. The van der Waals surface area contributed by atoms with E-state index in [1.165, 1.54) is 23.1 Å². The summed E-state index contributed by atoms with van der Waals surface area (Å²) in [7, 11) is 1.65. The van der Waals surface area contributed by atoms with Crippen LogP contribution in [0.3, 0.4) is 0 Å². The molecule has 2 heterocycles. The number of H-pyrrole nitrogens is 1. The van der Waals surface area contributed by atoms with Crippen LogP contribution in [0.25, 0.3) is 0 Å². The number of benzene rings is 2. The molecule has 9 heteroatoms. The molecule has 0 saturated heterocycles. The molecule has 0 spiro atoms. The number of aromatic amines is 1. The van der Waals surface area contributed by atoms with Gasteiger partial charge in [-0.25, -0.2) is 9.37 Å². The van der Waals surface area contributed by atoms with Crippen molar-refractivity contribution in [3.8, 4) is 5.75 Å². The van der Waals surface area contributed by atoms with E-state index in [2.05, 4.69) is 21.4 Å². The van der Waals surface area contributed by atoms with Crippen molar-refractivity contribution in [2.75, 3.05) is 24.7 Å². The van der Waals surface area contributed by atoms with Gasteiger partial charge in [0.15, 0.2) is 5.16 Å². The molecule has 3 aromatic rings. The van der Waals surface area contributed by atoms with Gasteiger partial charge in [0.25, 0.3) is 5.56 Å². The molecule has 1 aliphatic heterocycles. The van der Waals surface area contributed by atoms with Crippen LogP contribution in [0.5, 0.6) is 5.75 Å². The molecule has 3 N–H and O–H groups in total. The number of halogens is 1. The molecule has 4 rings (SSSR count). The van der Waals surface area contributed by atoms with E-state index in [-0.39, 0.29) is 17.2 Å². The van der Waals surface area contributed by atoms with Crippen LogP contribution in [-0.4, -0.2) is 35.3 Å². The van der Waals surface area contributed by atoms with Crippen LogP contribution in [0.2, 0.25) is 0 Å². The van der Waals surface area contributed by atoms with Crippen molar-refractivity contribution in [2.45, 2.75) is 24.7 Å². The molecule has 32 heavy (non-hydrogen) atoms. The van der Waals surface area contributed by atoms with E-state index in [4.69, 9.17) is 4.74 Å². The van der Waals surface area contributed by atoms with Crippen molar-refractivity contribution >= 4 is 23.4 Å². The SMILES string of the molecule is COc1cccc(C[NH+]2CCc3nc(SCC(=O)Nc4cccc(F)c4)[nH]c(=O)c3C2)c1. The van der Waals surface area contributed by atoms with E-state index in [9.17, 15) is 14.0 Å². The first-order chi connectivity index (χ1) is 15.5. The van der Waals surface area contributed by atoms with Gasteiger partial charge in [-0.2, -0.15) is 0 Å². The molecular weight excluding hydrogens is 431 g/mol. The second kappa shape index (κ2) is 9.97. The highest BCUT2D eigenvalue weighted by atomic mass is 32.2. The van der Waals surface area contributed by atoms with Crippen LogP contribution in [-0.2, 0) is 24.3 Å². The van der Waals surface area contributed by atoms with E-state index < -0.39 is 5.82 Å². The fraction of sp³-hybridized carbons (Fsp3) is 0.261. The number of aromatic nitrogens is 2. The number of fused-ring (bicyclic) bond motifs is 1. The molecule has 0 bridgehead atoms. The first-order valence-electron chi connectivity index (χ1n) is 10.3. The summed E-state index contributed by atoms with van der Waals surface area (Å²) in [6, 6.07) is 13.7. The van der Waals surface area contributed by atoms with Crippen LogP contribution < -0.4 is 20.5 Å². The minimum absolute atomic E-state index is 0.0610. The van der Waals surface area contributed by atoms with Crippen molar-refractivity contribution in [3.05, 3.63) is 81.5 Å². The standard InChI is InChI=1S/C23H23FN4O3S/c1-31-18-7-2-4-15(10-18)12-28-9-8-20-19(13-28)22(30)27-23(26-20)32-14-21(29)25-17-6-3-5-16(24)11-17/h2-7,10-11H,8-9,12-14H2,1H3,(H,25,29)(H,26,27,30)/p+1. The molecule has 7 nitrogen and oxygen atoms in total. The summed E-state index contributed by atoms with van der Waals surface area (Å²) in [4.78, 5) is 33.5. The van der Waals surface area contributed by atoms with Gasteiger partial charge in [0.1, 0.15) is 24.7 Å². The average Bonchev–Trinajstić information content (AvgIpc) is 2.78. The van der Waals surface area contributed by atoms with Crippen molar-refractivity contribution in [2.24, 2.45) is 0 Å². The maximum absolute atomic E-state index is 13.2. The number of rotatable bonds is 7. The highest BCUT2D eigenvalue weighted by Crippen LogP contribution is 2.16. The zero-order valence-electron chi connectivity index (χ0n) is 17.6. The lowest BCUT2D eigenvalue weighted by atomic mass is 10.1. The number of anilines is 1. The zero-order chi connectivity index (χ0) is 22.5. The quantitative estimate of drug-likeness (QED) is 0.374. The van der Waals surface area contributed by atoms with Gasteiger partial charge >= 0.3 is 0 Å². The van der Waals surface area contributed by atoms with Crippen molar-refractivity contribution in [1.82, 2.24) is 9.97 Å². The number of thioether (sulfide) groups is 1. The third-order valence-electron chi connectivity index (χ3n) is 5.26. The predicted molar refractivity (Wildman–Crippen MR) is 121 cm³/mol. The summed E-state index contributed by atoms with van der Waals surface area (Å²) >= 11 is 1.15. The maximum atomic E-state index is 13.2. The number of amides is 1. The van der Waals surface area contributed by atoms with Crippen molar-refractivity contribution in [3.63, 3.8) is 0 Å². The van der Waals surface area contributed by atoms with Gasteiger partial charge in [-0.05, 0) is 30.3 Å². The number of nitrogens with one attached hydrogen (secondary N) is 3. The van der Waals surface area contributed by atoms with E-state index in [0.717, 1.165) is 41.9 Å². The summed E-state index contributed by atoms with van der Waals surface area (Å²) in [6.07, 6.45) is 0.696. The molecule has 0 fully saturated rings. The first kappa shape index (κ1) is 22.0. The Bertz CT molecular complexity index is 1180. The summed E-state index contributed by atoms with van der Waals surface area (Å²) in [5.41, 5.74) is 2.87.